The first kappa shape index (κ1) is 14.8. The van der Waals surface area contributed by atoms with Crippen molar-refractivity contribution < 1.29 is 14.6 Å². The molecule has 108 valence electrons. The molecule has 0 aliphatic heterocycles. The van der Waals surface area contributed by atoms with Gasteiger partial charge in [0.25, 0.3) is 11.4 Å². The van der Waals surface area contributed by atoms with Crippen LogP contribution in [0.4, 0.5) is 11.4 Å². The molecule has 0 atom stereocenters. The van der Waals surface area contributed by atoms with Gasteiger partial charge in [0.05, 0.1) is 9.85 Å². The van der Waals surface area contributed by atoms with E-state index >= 15 is 0 Å². The van der Waals surface area contributed by atoms with Gasteiger partial charge in [-0.15, -0.1) is 0 Å². The molecule has 0 N–H and O–H groups in total. The molecule has 0 saturated heterocycles. The van der Waals surface area contributed by atoms with Gasteiger partial charge in [0.15, 0.2) is 5.78 Å². The van der Waals surface area contributed by atoms with Gasteiger partial charge in [0.2, 0.25) is 0 Å². The molecule has 0 aliphatic rings. The molecular weight excluding hydrogens is 290 g/mol. The predicted molar refractivity (Wildman–Crippen MR) is 74.3 cm³/mol. The van der Waals surface area contributed by atoms with Crippen LogP contribution in [0.5, 0.6) is 0 Å². The lowest BCUT2D eigenvalue weighted by molar-refractivity contribution is -0.385. The van der Waals surface area contributed by atoms with E-state index in [4.69, 9.17) is 5.26 Å². The number of benzene rings is 2. The van der Waals surface area contributed by atoms with E-state index in [1.54, 1.807) is 6.07 Å². The van der Waals surface area contributed by atoms with E-state index in [-0.39, 0.29) is 22.4 Å². The lowest BCUT2D eigenvalue weighted by Gasteiger charge is -2.02. The summed E-state index contributed by atoms with van der Waals surface area (Å²) in [6.07, 6.45) is 0. The Labute approximate surface area is 123 Å². The van der Waals surface area contributed by atoms with Crippen molar-refractivity contribution in [2.45, 2.75) is 0 Å². The molecule has 22 heavy (non-hydrogen) atoms. The second kappa shape index (κ2) is 5.80. The number of carbonyl (C=O) groups excluding carboxylic acids is 1. The third kappa shape index (κ3) is 2.78. The molecule has 0 heterocycles. The minimum Gasteiger partial charge on any atom is -0.289 e. The Morgan fingerprint density at radius 1 is 0.955 bits per heavy atom. The average molecular weight is 297 g/mol. The Morgan fingerprint density at radius 3 is 2.05 bits per heavy atom. The summed E-state index contributed by atoms with van der Waals surface area (Å²) >= 11 is 0. The van der Waals surface area contributed by atoms with Crippen molar-refractivity contribution >= 4 is 17.2 Å². The molecule has 8 heteroatoms. The van der Waals surface area contributed by atoms with Crippen LogP contribution in [0, 0.1) is 31.6 Å². The van der Waals surface area contributed by atoms with E-state index in [0.29, 0.717) is 0 Å². The van der Waals surface area contributed by atoms with Crippen LogP contribution in [0.25, 0.3) is 0 Å². The number of nitrogens with zero attached hydrogens (tertiary/aromatic N) is 3. The number of carbonyl (C=O) groups is 1. The zero-order valence-corrected chi connectivity index (χ0v) is 10.9. The molecule has 0 aromatic heterocycles. The molecule has 0 saturated carbocycles. The van der Waals surface area contributed by atoms with Crippen molar-refractivity contribution in [1.82, 2.24) is 0 Å². The fourth-order valence-corrected chi connectivity index (χ4v) is 1.82. The lowest BCUT2D eigenvalue weighted by Crippen LogP contribution is -2.03. The van der Waals surface area contributed by atoms with Crippen LogP contribution in [-0.2, 0) is 0 Å². The molecule has 0 spiro atoms. The number of hydrogen-bond acceptors (Lipinski definition) is 6. The number of nitro benzene ring substituents is 2. The summed E-state index contributed by atoms with van der Waals surface area (Å²) in [6, 6.07) is 10.1. The minimum atomic E-state index is -0.745. The third-order valence-corrected chi connectivity index (χ3v) is 2.92. The molecular formula is C14H7N3O5. The van der Waals surface area contributed by atoms with Crippen LogP contribution in [0.2, 0.25) is 0 Å². The van der Waals surface area contributed by atoms with Crippen LogP contribution in [-0.4, -0.2) is 15.6 Å². The Morgan fingerprint density at radius 2 is 1.55 bits per heavy atom. The maximum absolute atomic E-state index is 12.2. The summed E-state index contributed by atoms with van der Waals surface area (Å²) in [7, 11) is 0. The van der Waals surface area contributed by atoms with Gasteiger partial charge in [-0.3, -0.25) is 25.0 Å². The zero-order valence-electron chi connectivity index (χ0n) is 10.9. The van der Waals surface area contributed by atoms with Crippen LogP contribution >= 0.6 is 0 Å². The average Bonchev–Trinajstić information content (AvgIpc) is 2.53. The lowest BCUT2D eigenvalue weighted by atomic mass is 10.0. The van der Waals surface area contributed by atoms with Crippen LogP contribution in [0.3, 0.4) is 0 Å². The van der Waals surface area contributed by atoms with Crippen molar-refractivity contribution in [3.8, 4) is 6.07 Å². The molecule has 0 amide bonds. The van der Waals surface area contributed by atoms with E-state index in [1.807, 2.05) is 0 Å². The number of ketones is 1. The highest BCUT2D eigenvalue weighted by Crippen LogP contribution is 2.22. The zero-order chi connectivity index (χ0) is 16.3. The van der Waals surface area contributed by atoms with Gasteiger partial charge in [-0.05, 0) is 24.3 Å². The minimum absolute atomic E-state index is 0.0274. The molecule has 0 bridgehead atoms. The van der Waals surface area contributed by atoms with Gasteiger partial charge in [-0.2, -0.15) is 5.26 Å². The summed E-state index contributed by atoms with van der Waals surface area (Å²) in [5, 5.41) is 30.2. The van der Waals surface area contributed by atoms with E-state index in [1.165, 1.54) is 36.4 Å². The Kier molecular flexibility index (Phi) is 3.90. The van der Waals surface area contributed by atoms with Crippen molar-refractivity contribution in [2.75, 3.05) is 0 Å². The molecule has 0 radical (unpaired) electrons. The van der Waals surface area contributed by atoms with Crippen LogP contribution in [0.1, 0.15) is 21.5 Å². The highest BCUT2D eigenvalue weighted by atomic mass is 16.6. The fourth-order valence-electron chi connectivity index (χ4n) is 1.82. The normalized spacial score (nSPS) is 9.77. The first-order valence-corrected chi connectivity index (χ1v) is 5.91. The monoisotopic (exact) mass is 297 g/mol. The Bertz CT molecular complexity index is 821. The van der Waals surface area contributed by atoms with E-state index in [0.717, 1.165) is 6.07 Å². The van der Waals surface area contributed by atoms with Crippen molar-refractivity contribution in [3.05, 3.63) is 79.4 Å². The summed E-state index contributed by atoms with van der Waals surface area (Å²) in [4.78, 5) is 32.3. The molecule has 0 fully saturated rings. The predicted octanol–water partition coefficient (Wildman–Crippen LogP) is 2.61. The quantitative estimate of drug-likeness (QED) is 0.484. The maximum Gasteiger partial charge on any atom is 0.287 e. The number of nitriles is 1. The van der Waals surface area contributed by atoms with Crippen molar-refractivity contribution in [1.29, 1.82) is 5.26 Å². The van der Waals surface area contributed by atoms with Crippen LogP contribution < -0.4 is 0 Å². The third-order valence-electron chi connectivity index (χ3n) is 2.92. The summed E-state index contributed by atoms with van der Waals surface area (Å²) < 4.78 is 0. The first-order valence-electron chi connectivity index (χ1n) is 5.91. The Balaban J connectivity index is 2.41. The summed E-state index contributed by atoms with van der Waals surface area (Å²) in [6.45, 7) is 0. The van der Waals surface area contributed by atoms with Gasteiger partial charge >= 0.3 is 0 Å². The largest absolute Gasteiger partial charge is 0.289 e. The summed E-state index contributed by atoms with van der Waals surface area (Å²) in [5.41, 5.74) is -0.591. The highest BCUT2D eigenvalue weighted by Gasteiger charge is 2.18. The molecule has 2 aromatic rings. The second-order valence-electron chi connectivity index (χ2n) is 4.23. The molecule has 8 nitrogen and oxygen atoms in total. The SMILES string of the molecule is N#Cc1ccc(C(=O)c2ccc([N+](=O)[O-])cc2)cc1[N+](=O)[O-]. The van der Waals surface area contributed by atoms with Gasteiger partial charge in [-0.1, -0.05) is 0 Å². The molecule has 0 aliphatic carbocycles. The summed E-state index contributed by atoms with van der Waals surface area (Å²) in [5.74, 6) is -0.525. The van der Waals surface area contributed by atoms with Gasteiger partial charge < -0.3 is 0 Å². The number of hydrogen-bond donors (Lipinski definition) is 0. The number of non-ortho nitro benzene ring substituents is 1. The van der Waals surface area contributed by atoms with Gasteiger partial charge in [0.1, 0.15) is 11.6 Å². The molecule has 2 aromatic carbocycles. The van der Waals surface area contributed by atoms with E-state index in [9.17, 15) is 25.0 Å². The van der Waals surface area contributed by atoms with Crippen LogP contribution in [0.15, 0.2) is 42.5 Å². The molecule has 0 unspecified atom stereocenters. The van der Waals surface area contributed by atoms with Crippen molar-refractivity contribution in [2.24, 2.45) is 0 Å². The van der Waals surface area contributed by atoms with E-state index < -0.39 is 21.3 Å². The number of rotatable bonds is 4. The standard InChI is InChI=1S/C14H7N3O5/c15-8-11-2-1-10(7-13(11)17(21)22)14(18)9-3-5-12(6-4-9)16(19)20/h1-7H. The fraction of sp³-hybridized carbons (Fsp3) is 0. The van der Waals surface area contributed by atoms with Crippen molar-refractivity contribution in [3.63, 3.8) is 0 Å². The second-order valence-corrected chi connectivity index (χ2v) is 4.23. The Hall–Kier alpha value is -3.60. The highest BCUT2D eigenvalue weighted by molar-refractivity contribution is 6.09. The topological polar surface area (TPSA) is 127 Å². The molecule has 2 rings (SSSR count). The van der Waals surface area contributed by atoms with E-state index in [2.05, 4.69) is 0 Å². The number of nitro groups is 2. The van der Waals surface area contributed by atoms with Gasteiger partial charge in [0, 0.05) is 29.3 Å². The smallest absolute Gasteiger partial charge is 0.287 e. The van der Waals surface area contributed by atoms with Gasteiger partial charge in [-0.25, -0.2) is 0 Å². The first-order chi connectivity index (χ1) is 10.4. The maximum atomic E-state index is 12.2.